The lowest BCUT2D eigenvalue weighted by molar-refractivity contribution is -0.115. The lowest BCUT2D eigenvalue weighted by atomic mass is 10.1. The minimum absolute atomic E-state index is 0.153. The maximum Gasteiger partial charge on any atom is 0.227 e. The molecule has 1 heterocycles. The molecule has 3 aromatic rings. The maximum atomic E-state index is 11.1. The molecule has 146 valence electrons. The maximum absolute atomic E-state index is 11.1. The number of amides is 1. The van der Waals surface area contributed by atoms with Crippen LogP contribution in [0, 0.1) is 0 Å². The number of primary amides is 1. The molecule has 8 heteroatoms. The SMILES string of the molecule is COc1cccc(OCc2nnc(SCC(N)=O)n2CCc2ccccc2)c1. The van der Waals surface area contributed by atoms with Gasteiger partial charge in [0.15, 0.2) is 11.0 Å². The van der Waals surface area contributed by atoms with E-state index in [0.29, 0.717) is 23.3 Å². The smallest absolute Gasteiger partial charge is 0.227 e. The Balaban J connectivity index is 1.73. The first-order valence-electron chi connectivity index (χ1n) is 8.79. The Morgan fingerprint density at radius 1 is 1.11 bits per heavy atom. The summed E-state index contributed by atoms with van der Waals surface area (Å²) in [6, 6.07) is 17.6. The molecule has 0 fully saturated rings. The number of nitrogens with zero attached hydrogens (tertiary/aromatic N) is 3. The van der Waals surface area contributed by atoms with E-state index in [1.54, 1.807) is 7.11 Å². The third kappa shape index (κ3) is 5.50. The second kappa shape index (κ2) is 9.80. The Morgan fingerprint density at radius 3 is 2.64 bits per heavy atom. The molecule has 2 aromatic carbocycles. The van der Waals surface area contributed by atoms with Gasteiger partial charge in [0, 0.05) is 12.6 Å². The molecule has 1 amide bonds. The molecule has 1 aromatic heterocycles. The van der Waals surface area contributed by atoms with Crippen LogP contribution in [-0.4, -0.2) is 33.5 Å². The lowest BCUT2D eigenvalue weighted by Gasteiger charge is -2.11. The van der Waals surface area contributed by atoms with Crippen molar-refractivity contribution in [2.45, 2.75) is 24.7 Å². The molecule has 2 N–H and O–H groups in total. The summed E-state index contributed by atoms with van der Waals surface area (Å²) in [6.07, 6.45) is 0.815. The van der Waals surface area contributed by atoms with Gasteiger partial charge in [-0.1, -0.05) is 48.2 Å². The van der Waals surface area contributed by atoms with E-state index in [2.05, 4.69) is 22.3 Å². The van der Waals surface area contributed by atoms with E-state index < -0.39 is 5.91 Å². The molecule has 3 rings (SSSR count). The van der Waals surface area contributed by atoms with E-state index in [1.165, 1.54) is 17.3 Å². The lowest BCUT2D eigenvalue weighted by Crippen LogP contribution is -2.15. The Labute approximate surface area is 167 Å². The summed E-state index contributed by atoms with van der Waals surface area (Å²) in [5.74, 6) is 1.85. The fourth-order valence-corrected chi connectivity index (χ4v) is 3.34. The normalized spacial score (nSPS) is 10.6. The van der Waals surface area contributed by atoms with Crippen molar-refractivity contribution in [1.29, 1.82) is 0 Å². The zero-order valence-corrected chi connectivity index (χ0v) is 16.4. The van der Waals surface area contributed by atoms with Crippen molar-refractivity contribution < 1.29 is 14.3 Å². The Bertz CT molecular complexity index is 915. The van der Waals surface area contributed by atoms with E-state index >= 15 is 0 Å². The monoisotopic (exact) mass is 398 g/mol. The molecule has 7 nitrogen and oxygen atoms in total. The minimum Gasteiger partial charge on any atom is -0.497 e. The van der Waals surface area contributed by atoms with Gasteiger partial charge in [0.1, 0.15) is 18.1 Å². The topological polar surface area (TPSA) is 92.3 Å². The first-order chi connectivity index (χ1) is 13.7. The first kappa shape index (κ1) is 19.8. The van der Waals surface area contributed by atoms with Gasteiger partial charge in [0.05, 0.1) is 12.9 Å². The highest BCUT2D eigenvalue weighted by molar-refractivity contribution is 7.99. The largest absolute Gasteiger partial charge is 0.497 e. The van der Waals surface area contributed by atoms with Crippen LogP contribution in [0.2, 0.25) is 0 Å². The quantitative estimate of drug-likeness (QED) is 0.528. The highest BCUT2D eigenvalue weighted by atomic mass is 32.2. The average Bonchev–Trinajstić information content (AvgIpc) is 3.11. The predicted molar refractivity (Wildman–Crippen MR) is 107 cm³/mol. The summed E-state index contributed by atoms with van der Waals surface area (Å²) in [6.45, 7) is 0.932. The van der Waals surface area contributed by atoms with Crippen LogP contribution < -0.4 is 15.2 Å². The fraction of sp³-hybridized carbons (Fsp3) is 0.250. The van der Waals surface area contributed by atoms with Crippen LogP contribution in [0.5, 0.6) is 11.5 Å². The van der Waals surface area contributed by atoms with Crippen molar-refractivity contribution >= 4 is 17.7 Å². The second-order valence-corrected chi connectivity index (χ2v) is 6.95. The number of carbonyl (C=O) groups is 1. The van der Waals surface area contributed by atoms with Crippen LogP contribution in [0.15, 0.2) is 59.8 Å². The Hall–Kier alpha value is -3.00. The summed E-state index contributed by atoms with van der Waals surface area (Å²) in [7, 11) is 1.61. The number of aryl methyl sites for hydroxylation is 1. The number of benzene rings is 2. The number of nitrogens with two attached hydrogens (primary N) is 1. The Kier molecular flexibility index (Phi) is 6.91. The summed E-state index contributed by atoms with van der Waals surface area (Å²) in [4.78, 5) is 11.1. The number of hydrogen-bond donors (Lipinski definition) is 1. The van der Waals surface area contributed by atoms with E-state index in [-0.39, 0.29) is 12.4 Å². The average molecular weight is 398 g/mol. The van der Waals surface area contributed by atoms with E-state index in [0.717, 1.165) is 12.2 Å². The summed E-state index contributed by atoms with van der Waals surface area (Å²) >= 11 is 1.28. The molecule has 0 spiro atoms. The van der Waals surface area contributed by atoms with Crippen molar-refractivity contribution in [2.75, 3.05) is 12.9 Å². The number of rotatable bonds is 10. The van der Waals surface area contributed by atoms with Gasteiger partial charge in [-0.05, 0) is 24.1 Å². The van der Waals surface area contributed by atoms with Crippen LogP contribution in [0.1, 0.15) is 11.4 Å². The van der Waals surface area contributed by atoms with E-state index in [1.807, 2.05) is 47.0 Å². The van der Waals surface area contributed by atoms with Gasteiger partial charge in [-0.2, -0.15) is 0 Å². The van der Waals surface area contributed by atoms with Gasteiger partial charge in [-0.15, -0.1) is 10.2 Å². The molecule has 0 unspecified atom stereocenters. The van der Waals surface area contributed by atoms with Crippen molar-refractivity contribution in [2.24, 2.45) is 5.73 Å². The Morgan fingerprint density at radius 2 is 1.89 bits per heavy atom. The number of methoxy groups -OCH3 is 1. The number of hydrogen-bond acceptors (Lipinski definition) is 6. The molecule has 0 saturated carbocycles. The molecule has 0 saturated heterocycles. The van der Waals surface area contributed by atoms with Crippen LogP contribution in [0.3, 0.4) is 0 Å². The molecule has 0 aliphatic rings. The summed E-state index contributed by atoms with van der Waals surface area (Å²) < 4.78 is 13.1. The van der Waals surface area contributed by atoms with Crippen molar-refractivity contribution in [3.05, 3.63) is 66.0 Å². The van der Waals surface area contributed by atoms with Crippen LogP contribution in [0.25, 0.3) is 0 Å². The summed E-state index contributed by atoms with van der Waals surface area (Å²) in [5.41, 5.74) is 6.48. The molecule has 0 aliphatic heterocycles. The van der Waals surface area contributed by atoms with Crippen molar-refractivity contribution in [1.82, 2.24) is 14.8 Å². The highest BCUT2D eigenvalue weighted by Gasteiger charge is 2.14. The zero-order chi connectivity index (χ0) is 19.8. The third-order valence-electron chi connectivity index (χ3n) is 4.01. The number of aromatic nitrogens is 3. The van der Waals surface area contributed by atoms with Gasteiger partial charge in [-0.25, -0.2) is 0 Å². The number of thioether (sulfide) groups is 1. The molecule has 0 bridgehead atoms. The third-order valence-corrected chi connectivity index (χ3v) is 5.00. The van der Waals surface area contributed by atoms with E-state index in [4.69, 9.17) is 15.2 Å². The van der Waals surface area contributed by atoms with E-state index in [9.17, 15) is 4.79 Å². The molecular formula is C20H22N4O3S. The van der Waals surface area contributed by atoms with Crippen LogP contribution in [-0.2, 0) is 24.4 Å². The van der Waals surface area contributed by atoms with Gasteiger partial charge >= 0.3 is 0 Å². The second-order valence-electron chi connectivity index (χ2n) is 6.01. The number of ether oxygens (including phenoxy) is 2. The van der Waals surface area contributed by atoms with Gasteiger partial charge in [0.25, 0.3) is 0 Å². The molecule has 28 heavy (non-hydrogen) atoms. The molecular weight excluding hydrogens is 376 g/mol. The van der Waals surface area contributed by atoms with Crippen molar-refractivity contribution in [3.63, 3.8) is 0 Å². The van der Waals surface area contributed by atoms with Gasteiger partial charge in [0.2, 0.25) is 5.91 Å². The fourth-order valence-electron chi connectivity index (χ4n) is 2.62. The standard InChI is InChI=1S/C20H22N4O3S/c1-26-16-8-5-9-17(12-16)27-13-19-22-23-20(28-14-18(21)25)24(19)11-10-15-6-3-2-4-7-15/h2-9,12H,10-11,13-14H2,1H3,(H2,21,25). The van der Waals surface area contributed by atoms with Crippen LogP contribution >= 0.6 is 11.8 Å². The zero-order valence-electron chi connectivity index (χ0n) is 15.6. The van der Waals surface area contributed by atoms with Gasteiger partial charge < -0.3 is 19.8 Å². The summed E-state index contributed by atoms with van der Waals surface area (Å²) in [5, 5.41) is 9.11. The molecule has 0 aliphatic carbocycles. The predicted octanol–water partition coefficient (Wildman–Crippen LogP) is 2.69. The minimum atomic E-state index is -0.392. The van der Waals surface area contributed by atoms with Gasteiger partial charge in [-0.3, -0.25) is 4.79 Å². The van der Waals surface area contributed by atoms with Crippen molar-refractivity contribution in [3.8, 4) is 11.5 Å². The highest BCUT2D eigenvalue weighted by Crippen LogP contribution is 2.22. The van der Waals surface area contributed by atoms with Crippen LogP contribution in [0.4, 0.5) is 0 Å². The number of carbonyl (C=O) groups excluding carboxylic acids is 1. The molecule has 0 atom stereocenters. The first-order valence-corrected chi connectivity index (χ1v) is 9.78. The molecule has 0 radical (unpaired) electrons.